The van der Waals surface area contributed by atoms with E-state index >= 15 is 0 Å². The number of aromatic amines is 1. The molecule has 0 radical (unpaired) electrons. The van der Waals surface area contributed by atoms with Gasteiger partial charge in [0.25, 0.3) is 0 Å². The van der Waals surface area contributed by atoms with Crippen molar-refractivity contribution in [3.05, 3.63) is 64.4 Å². The number of rotatable bonds is 5. The maximum absolute atomic E-state index is 11.3. The fraction of sp³-hybridized carbons (Fsp3) is 0.370. The van der Waals surface area contributed by atoms with E-state index in [1.165, 1.54) is 51.4 Å². The number of carbonyl (C=O) groups excluding carboxylic acids is 1. The van der Waals surface area contributed by atoms with E-state index in [0.717, 1.165) is 36.2 Å². The molecule has 4 heteroatoms. The standard InChI is InChI=1S/C27H33N3O/c1-17(2)19(4)24(15-30(5)16-31)22-12-18(3)27-23-13-21(20-8-10-28-11-9-20)6-7-25(23)29-26(27)14-22/h6-7,12-16,20,28-29H,8-11H2,1-5H3/b24-15+. The number of amides is 1. The van der Waals surface area contributed by atoms with Crippen LogP contribution in [-0.2, 0) is 4.79 Å². The van der Waals surface area contributed by atoms with Gasteiger partial charge in [-0.1, -0.05) is 17.7 Å². The lowest BCUT2D eigenvalue weighted by atomic mass is 9.89. The maximum Gasteiger partial charge on any atom is 0.213 e. The third-order valence-electron chi connectivity index (χ3n) is 6.69. The molecule has 0 aliphatic carbocycles. The van der Waals surface area contributed by atoms with Gasteiger partial charge in [0.15, 0.2) is 0 Å². The molecule has 3 aromatic rings. The van der Waals surface area contributed by atoms with Crippen LogP contribution in [0.15, 0.2) is 47.7 Å². The number of allylic oxidation sites excluding steroid dienone is 3. The Balaban J connectivity index is 1.86. The average Bonchev–Trinajstić information content (AvgIpc) is 3.15. The van der Waals surface area contributed by atoms with E-state index in [4.69, 9.17) is 0 Å². The van der Waals surface area contributed by atoms with Crippen molar-refractivity contribution in [2.24, 2.45) is 0 Å². The Hall–Kier alpha value is -2.85. The lowest BCUT2D eigenvalue weighted by molar-refractivity contribution is -0.114. The van der Waals surface area contributed by atoms with Gasteiger partial charge in [0.1, 0.15) is 0 Å². The van der Waals surface area contributed by atoms with Gasteiger partial charge in [-0.25, -0.2) is 0 Å². The van der Waals surface area contributed by atoms with Crippen LogP contribution >= 0.6 is 0 Å². The number of piperidine rings is 1. The van der Waals surface area contributed by atoms with Gasteiger partial charge in [-0.2, -0.15) is 0 Å². The molecule has 2 aromatic carbocycles. The summed E-state index contributed by atoms with van der Waals surface area (Å²) in [5.74, 6) is 0.643. The summed E-state index contributed by atoms with van der Waals surface area (Å²) in [7, 11) is 1.78. The number of hydrogen-bond acceptors (Lipinski definition) is 2. The molecule has 162 valence electrons. The van der Waals surface area contributed by atoms with Gasteiger partial charge < -0.3 is 15.2 Å². The predicted molar refractivity (Wildman–Crippen MR) is 131 cm³/mol. The first-order chi connectivity index (χ1) is 14.9. The Morgan fingerprint density at radius 2 is 1.81 bits per heavy atom. The Labute approximate surface area is 185 Å². The molecule has 1 saturated heterocycles. The second-order valence-corrected chi connectivity index (χ2v) is 9.11. The monoisotopic (exact) mass is 415 g/mol. The zero-order valence-electron chi connectivity index (χ0n) is 19.3. The summed E-state index contributed by atoms with van der Waals surface area (Å²) in [5.41, 5.74) is 9.67. The molecule has 0 spiro atoms. The number of fused-ring (bicyclic) bond motifs is 3. The maximum atomic E-state index is 11.3. The average molecular weight is 416 g/mol. The second-order valence-electron chi connectivity index (χ2n) is 9.11. The van der Waals surface area contributed by atoms with Gasteiger partial charge in [-0.3, -0.25) is 4.79 Å². The first-order valence-electron chi connectivity index (χ1n) is 11.2. The van der Waals surface area contributed by atoms with Crippen molar-refractivity contribution < 1.29 is 4.79 Å². The van der Waals surface area contributed by atoms with Crippen LogP contribution in [0.3, 0.4) is 0 Å². The van der Waals surface area contributed by atoms with Crippen LogP contribution < -0.4 is 5.32 Å². The summed E-state index contributed by atoms with van der Waals surface area (Å²) in [6.45, 7) is 10.7. The zero-order chi connectivity index (χ0) is 22.1. The van der Waals surface area contributed by atoms with E-state index in [1.807, 2.05) is 6.20 Å². The topological polar surface area (TPSA) is 48.1 Å². The molecule has 1 amide bonds. The van der Waals surface area contributed by atoms with E-state index in [2.05, 4.69) is 68.3 Å². The number of benzene rings is 2. The van der Waals surface area contributed by atoms with Gasteiger partial charge in [0.2, 0.25) is 6.41 Å². The van der Waals surface area contributed by atoms with E-state index < -0.39 is 0 Å². The summed E-state index contributed by atoms with van der Waals surface area (Å²) in [6.07, 6.45) is 5.18. The molecule has 0 unspecified atom stereocenters. The van der Waals surface area contributed by atoms with Crippen LogP contribution in [0.2, 0.25) is 0 Å². The molecule has 0 atom stereocenters. The first kappa shape index (κ1) is 21.4. The molecule has 4 nitrogen and oxygen atoms in total. The quantitative estimate of drug-likeness (QED) is 0.404. The van der Waals surface area contributed by atoms with Gasteiger partial charge >= 0.3 is 0 Å². The van der Waals surface area contributed by atoms with Crippen LogP contribution in [0.25, 0.3) is 27.4 Å². The van der Waals surface area contributed by atoms with Crippen molar-refractivity contribution in [3.8, 4) is 0 Å². The molecular weight excluding hydrogens is 382 g/mol. The van der Waals surface area contributed by atoms with Crippen molar-refractivity contribution >= 4 is 33.8 Å². The van der Waals surface area contributed by atoms with Crippen LogP contribution in [0.4, 0.5) is 0 Å². The largest absolute Gasteiger partial charge is 0.354 e. The molecule has 2 N–H and O–H groups in total. The lowest BCUT2D eigenvalue weighted by Crippen LogP contribution is -2.26. The van der Waals surface area contributed by atoms with Crippen LogP contribution in [0, 0.1) is 6.92 Å². The smallest absolute Gasteiger partial charge is 0.213 e. The first-order valence-corrected chi connectivity index (χ1v) is 11.2. The molecule has 0 saturated carbocycles. The highest BCUT2D eigenvalue weighted by atomic mass is 16.1. The number of aryl methyl sites for hydroxylation is 1. The molecule has 1 fully saturated rings. The summed E-state index contributed by atoms with van der Waals surface area (Å²) in [6, 6.07) is 11.4. The van der Waals surface area contributed by atoms with Gasteiger partial charge in [-0.15, -0.1) is 0 Å². The molecule has 0 bridgehead atoms. The van der Waals surface area contributed by atoms with Crippen molar-refractivity contribution in [3.63, 3.8) is 0 Å². The second kappa shape index (κ2) is 8.72. The molecule has 1 aromatic heterocycles. The molecular formula is C27H33N3O. The van der Waals surface area contributed by atoms with Crippen LogP contribution in [-0.4, -0.2) is 36.4 Å². The lowest BCUT2D eigenvalue weighted by Gasteiger charge is -2.23. The SMILES string of the molecule is CC(C)=C(C)/C(=C\N(C)C=O)c1cc(C)c2c(c1)[nH]c1ccc(C3CCNCC3)cc12. The van der Waals surface area contributed by atoms with Crippen LogP contribution in [0.1, 0.15) is 56.2 Å². The normalized spacial score (nSPS) is 15.5. The van der Waals surface area contributed by atoms with Gasteiger partial charge in [0, 0.05) is 40.6 Å². The van der Waals surface area contributed by atoms with Crippen molar-refractivity contribution in [1.82, 2.24) is 15.2 Å². The summed E-state index contributed by atoms with van der Waals surface area (Å²) in [4.78, 5) is 16.5. The van der Waals surface area contributed by atoms with Crippen molar-refractivity contribution in [2.45, 2.75) is 46.5 Å². The van der Waals surface area contributed by atoms with Gasteiger partial charge in [0.05, 0.1) is 0 Å². The highest BCUT2D eigenvalue weighted by molar-refractivity contribution is 6.10. The Kier molecular flexibility index (Phi) is 6.01. The molecule has 4 rings (SSSR count). The Morgan fingerprint density at radius 1 is 1.06 bits per heavy atom. The highest BCUT2D eigenvalue weighted by Crippen LogP contribution is 2.36. The number of nitrogens with one attached hydrogen (secondary N) is 2. The molecule has 31 heavy (non-hydrogen) atoms. The zero-order valence-corrected chi connectivity index (χ0v) is 19.3. The van der Waals surface area contributed by atoms with Crippen LogP contribution in [0.5, 0.6) is 0 Å². The van der Waals surface area contributed by atoms with Crippen molar-refractivity contribution in [2.75, 3.05) is 20.1 Å². The summed E-state index contributed by atoms with van der Waals surface area (Å²) < 4.78 is 0. The van der Waals surface area contributed by atoms with E-state index in [9.17, 15) is 4.79 Å². The van der Waals surface area contributed by atoms with Crippen molar-refractivity contribution in [1.29, 1.82) is 0 Å². The summed E-state index contributed by atoms with van der Waals surface area (Å²) in [5, 5.41) is 6.07. The number of nitrogens with zero attached hydrogens (tertiary/aromatic N) is 1. The molecule has 2 heterocycles. The number of aromatic nitrogens is 1. The van der Waals surface area contributed by atoms with E-state index in [-0.39, 0.29) is 0 Å². The number of hydrogen-bond donors (Lipinski definition) is 2. The number of carbonyl (C=O) groups is 1. The summed E-state index contributed by atoms with van der Waals surface area (Å²) >= 11 is 0. The minimum absolute atomic E-state index is 0.643. The predicted octanol–water partition coefficient (Wildman–Crippen LogP) is 5.88. The fourth-order valence-electron chi connectivity index (χ4n) is 4.72. The van der Waals surface area contributed by atoms with E-state index in [0.29, 0.717) is 5.92 Å². The van der Waals surface area contributed by atoms with E-state index in [1.54, 1.807) is 11.9 Å². The fourth-order valence-corrected chi connectivity index (χ4v) is 4.72. The minimum atomic E-state index is 0.643. The highest BCUT2D eigenvalue weighted by Gasteiger charge is 2.18. The Bertz CT molecular complexity index is 1190. The third-order valence-corrected chi connectivity index (χ3v) is 6.69. The van der Waals surface area contributed by atoms with Gasteiger partial charge in [-0.05, 0) is 100 Å². The number of H-pyrrole nitrogens is 1. The minimum Gasteiger partial charge on any atom is -0.354 e. The molecule has 1 aliphatic heterocycles. The third kappa shape index (κ3) is 4.17. The Morgan fingerprint density at radius 3 is 2.48 bits per heavy atom. The molecule has 1 aliphatic rings.